The fourth-order valence-corrected chi connectivity index (χ4v) is 3.10. The average Bonchev–Trinajstić information content (AvgIpc) is 3.31. The maximum Gasteiger partial charge on any atom is 0.122 e. The highest BCUT2D eigenvalue weighted by Gasteiger charge is 2.26. The summed E-state index contributed by atoms with van der Waals surface area (Å²) in [4.78, 5) is 4.97. The van der Waals surface area contributed by atoms with E-state index in [1.54, 1.807) is 0 Å². The van der Waals surface area contributed by atoms with Crippen molar-refractivity contribution in [3.05, 3.63) is 23.8 Å². The molecule has 3 rings (SSSR count). The Labute approximate surface area is 127 Å². The molecule has 0 radical (unpaired) electrons. The molecule has 0 spiro atoms. The van der Waals surface area contributed by atoms with Gasteiger partial charge in [0.2, 0.25) is 0 Å². The van der Waals surface area contributed by atoms with E-state index in [9.17, 15) is 5.11 Å². The molecular weight excluding hydrogens is 262 g/mol. The lowest BCUT2D eigenvalue weighted by molar-refractivity contribution is 0.248. The van der Waals surface area contributed by atoms with Crippen LogP contribution in [0.5, 0.6) is 5.75 Å². The van der Waals surface area contributed by atoms with Gasteiger partial charge in [0.1, 0.15) is 5.75 Å². The van der Waals surface area contributed by atoms with Crippen molar-refractivity contribution < 1.29 is 5.11 Å². The van der Waals surface area contributed by atoms with Crippen LogP contribution in [0.25, 0.3) is 0 Å². The smallest absolute Gasteiger partial charge is 0.122 e. The summed E-state index contributed by atoms with van der Waals surface area (Å²) in [7, 11) is 1.91. The Kier molecular flexibility index (Phi) is 4.36. The summed E-state index contributed by atoms with van der Waals surface area (Å²) < 4.78 is 0. The number of benzene rings is 1. The van der Waals surface area contributed by atoms with Crippen molar-refractivity contribution in [3.63, 3.8) is 0 Å². The van der Waals surface area contributed by atoms with E-state index in [1.807, 2.05) is 19.2 Å². The molecule has 1 atom stereocenters. The molecule has 1 aromatic carbocycles. The maximum absolute atomic E-state index is 10.2. The molecule has 0 amide bonds. The molecule has 2 aliphatic rings. The topological polar surface area (TPSA) is 38.7 Å². The number of rotatable bonds is 5. The largest absolute Gasteiger partial charge is 0.508 e. The highest BCUT2D eigenvalue weighted by atomic mass is 16.3. The van der Waals surface area contributed by atoms with Gasteiger partial charge in [-0.25, -0.2) is 0 Å². The summed E-state index contributed by atoms with van der Waals surface area (Å²) in [5.41, 5.74) is 2.11. The number of anilines is 1. The Hall–Kier alpha value is -1.26. The minimum atomic E-state index is 0.175. The van der Waals surface area contributed by atoms with E-state index in [4.69, 9.17) is 0 Å². The van der Waals surface area contributed by atoms with Crippen molar-refractivity contribution >= 4 is 5.69 Å². The Morgan fingerprint density at radius 2 is 1.95 bits per heavy atom. The van der Waals surface area contributed by atoms with Crippen molar-refractivity contribution in [2.45, 2.75) is 25.8 Å². The molecule has 1 unspecified atom stereocenters. The third kappa shape index (κ3) is 3.50. The monoisotopic (exact) mass is 289 g/mol. The standard InChI is InChI=1S/C17H27N3O/c1-13(18-2)16-6-5-15(11-17(16)21)20-9-7-19(8-10-20)12-14-3-4-14/h5-6,11,13-14,18,21H,3-4,7-10,12H2,1-2H3. The lowest BCUT2D eigenvalue weighted by atomic mass is 10.1. The number of hydrogen-bond acceptors (Lipinski definition) is 4. The molecule has 2 N–H and O–H groups in total. The number of aromatic hydroxyl groups is 1. The quantitative estimate of drug-likeness (QED) is 0.872. The molecule has 1 heterocycles. The van der Waals surface area contributed by atoms with E-state index in [-0.39, 0.29) is 6.04 Å². The third-order valence-electron chi connectivity index (χ3n) is 4.86. The van der Waals surface area contributed by atoms with E-state index in [2.05, 4.69) is 28.1 Å². The van der Waals surface area contributed by atoms with Gasteiger partial charge in [0.05, 0.1) is 0 Å². The summed E-state index contributed by atoms with van der Waals surface area (Å²) in [5, 5.41) is 13.4. The number of nitrogens with one attached hydrogen (secondary N) is 1. The molecule has 21 heavy (non-hydrogen) atoms. The summed E-state index contributed by atoms with van der Waals surface area (Å²) in [6.07, 6.45) is 2.86. The first-order valence-electron chi connectivity index (χ1n) is 8.15. The lowest BCUT2D eigenvalue weighted by Crippen LogP contribution is -2.47. The molecule has 4 nitrogen and oxygen atoms in total. The molecule has 1 aliphatic heterocycles. The average molecular weight is 289 g/mol. The second-order valence-electron chi connectivity index (χ2n) is 6.48. The molecule has 1 aromatic rings. The van der Waals surface area contributed by atoms with Crippen LogP contribution in [0, 0.1) is 5.92 Å². The summed E-state index contributed by atoms with van der Waals surface area (Å²) in [6.45, 7) is 7.77. The first-order valence-corrected chi connectivity index (χ1v) is 8.15. The Morgan fingerprint density at radius 3 is 2.52 bits per heavy atom. The van der Waals surface area contributed by atoms with Gasteiger partial charge in [-0.2, -0.15) is 0 Å². The predicted octanol–water partition coefficient (Wildman–Crippen LogP) is 2.20. The van der Waals surface area contributed by atoms with Crippen molar-refractivity contribution in [2.75, 3.05) is 44.7 Å². The van der Waals surface area contributed by atoms with Crippen molar-refractivity contribution in [1.29, 1.82) is 0 Å². The molecule has 2 fully saturated rings. The zero-order valence-electron chi connectivity index (χ0n) is 13.2. The van der Waals surface area contributed by atoms with Crippen LogP contribution in [0.3, 0.4) is 0 Å². The first kappa shape index (κ1) is 14.7. The molecule has 116 valence electrons. The molecule has 1 aliphatic carbocycles. The van der Waals surface area contributed by atoms with Crippen LogP contribution in [-0.2, 0) is 0 Å². The highest BCUT2D eigenvalue weighted by Crippen LogP contribution is 2.31. The van der Waals surface area contributed by atoms with Crippen LogP contribution in [0.15, 0.2) is 18.2 Å². The van der Waals surface area contributed by atoms with Gasteiger partial charge in [-0.15, -0.1) is 0 Å². The number of piperazine rings is 1. The molecule has 0 aromatic heterocycles. The molecule has 1 saturated heterocycles. The summed E-state index contributed by atoms with van der Waals surface area (Å²) >= 11 is 0. The van der Waals surface area contributed by atoms with Crippen LogP contribution in [0.1, 0.15) is 31.4 Å². The van der Waals surface area contributed by atoms with Crippen LogP contribution < -0.4 is 10.2 Å². The SMILES string of the molecule is CNC(C)c1ccc(N2CCN(CC3CC3)CC2)cc1O. The number of phenolic OH excluding ortho intramolecular Hbond substituents is 1. The van der Waals surface area contributed by atoms with Gasteiger partial charge in [0, 0.05) is 56.1 Å². The van der Waals surface area contributed by atoms with Crippen molar-refractivity contribution in [3.8, 4) is 5.75 Å². The predicted molar refractivity (Wildman–Crippen MR) is 87.0 cm³/mol. The maximum atomic E-state index is 10.2. The minimum absolute atomic E-state index is 0.175. The molecule has 1 saturated carbocycles. The van der Waals surface area contributed by atoms with Gasteiger partial charge in [-0.05, 0) is 38.8 Å². The number of nitrogens with zero attached hydrogens (tertiary/aromatic N) is 2. The second kappa shape index (κ2) is 6.24. The summed E-state index contributed by atoms with van der Waals surface area (Å²) in [6, 6.07) is 6.27. The highest BCUT2D eigenvalue weighted by molar-refractivity contribution is 5.54. The van der Waals surface area contributed by atoms with Gasteiger partial charge in [0.25, 0.3) is 0 Å². The number of hydrogen-bond donors (Lipinski definition) is 2. The minimum Gasteiger partial charge on any atom is -0.508 e. The van der Waals surface area contributed by atoms with Crippen LogP contribution in [0.2, 0.25) is 0 Å². The van der Waals surface area contributed by atoms with E-state index in [1.165, 1.54) is 19.4 Å². The third-order valence-corrected chi connectivity index (χ3v) is 4.86. The zero-order chi connectivity index (χ0) is 14.8. The summed E-state index contributed by atoms with van der Waals surface area (Å²) in [5.74, 6) is 1.37. The van der Waals surface area contributed by atoms with Crippen LogP contribution in [-0.4, -0.2) is 49.8 Å². The Morgan fingerprint density at radius 1 is 1.24 bits per heavy atom. The van der Waals surface area contributed by atoms with Gasteiger partial charge >= 0.3 is 0 Å². The van der Waals surface area contributed by atoms with E-state index >= 15 is 0 Å². The Balaban J connectivity index is 1.60. The zero-order valence-corrected chi connectivity index (χ0v) is 13.2. The lowest BCUT2D eigenvalue weighted by Gasteiger charge is -2.36. The molecule has 4 heteroatoms. The first-order chi connectivity index (χ1) is 10.2. The normalized spacial score (nSPS) is 21.5. The van der Waals surface area contributed by atoms with E-state index < -0.39 is 0 Å². The van der Waals surface area contributed by atoms with Gasteiger partial charge in [0.15, 0.2) is 0 Å². The fourth-order valence-electron chi connectivity index (χ4n) is 3.10. The van der Waals surface area contributed by atoms with Gasteiger partial charge in [-0.1, -0.05) is 6.07 Å². The van der Waals surface area contributed by atoms with E-state index in [0.717, 1.165) is 43.3 Å². The van der Waals surface area contributed by atoms with Crippen LogP contribution in [0.4, 0.5) is 5.69 Å². The number of phenols is 1. The Bertz CT molecular complexity index is 479. The van der Waals surface area contributed by atoms with Crippen molar-refractivity contribution in [1.82, 2.24) is 10.2 Å². The fraction of sp³-hybridized carbons (Fsp3) is 0.647. The van der Waals surface area contributed by atoms with Gasteiger partial charge in [-0.3, -0.25) is 4.90 Å². The second-order valence-corrected chi connectivity index (χ2v) is 6.48. The van der Waals surface area contributed by atoms with E-state index in [0.29, 0.717) is 5.75 Å². The molecule has 0 bridgehead atoms. The van der Waals surface area contributed by atoms with Gasteiger partial charge < -0.3 is 15.3 Å². The van der Waals surface area contributed by atoms with Crippen molar-refractivity contribution in [2.24, 2.45) is 5.92 Å². The molecular formula is C17H27N3O. The van der Waals surface area contributed by atoms with Crippen LogP contribution >= 0.6 is 0 Å².